The van der Waals surface area contributed by atoms with Crippen LogP contribution in [-0.2, 0) is 0 Å². The van der Waals surface area contributed by atoms with E-state index in [1.807, 2.05) is 6.92 Å². The van der Waals surface area contributed by atoms with Crippen molar-refractivity contribution < 1.29 is 14.0 Å². The molecule has 2 amide bonds. The van der Waals surface area contributed by atoms with Gasteiger partial charge in [0.05, 0.1) is 11.2 Å². The highest BCUT2D eigenvalue weighted by atomic mass is 19.1. The molecule has 26 heavy (non-hydrogen) atoms. The second kappa shape index (κ2) is 7.77. The van der Waals surface area contributed by atoms with Crippen molar-refractivity contribution in [2.75, 3.05) is 11.9 Å². The lowest BCUT2D eigenvalue weighted by molar-refractivity contribution is 0.0942. The summed E-state index contributed by atoms with van der Waals surface area (Å²) in [5.41, 5.74) is 0.597. The molecular weight excluding hydrogens is 335 g/mol. The average molecular weight is 354 g/mol. The van der Waals surface area contributed by atoms with Crippen molar-refractivity contribution in [1.29, 1.82) is 0 Å². The van der Waals surface area contributed by atoms with Gasteiger partial charge in [0.2, 0.25) is 5.82 Å². The summed E-state index contributed by atoms with van der Waals surface area (Å²) >= 11 is 0. The van der Waals surface area contributed by atoms with Crippen molar-refractivity contribution in [1.82, 2.24) is 14.7 Å². The number of carbonyl (C=O) groups excluding carboxylic acids is 2. The number of imidazole rings is 1. The maximum absolute atomic E-state index is 13.8. The molecule has 2 heterocycles. The van der Waals surface area contributed by atoms with Crippen LogP contribution in [0.4, 0.5) is 10.1 Å². The molecule has 0 radical (unpaired) electrons. The first-order valence-corrected chi connectivity index (χ1v) is 8.43. The molecule has 1 aromatic carbocycles. The smallest absolute Gasteiger partial charge is 0.287 e. The first kappa shape index (κ1) is 17.6. The van der Waals surface area contributed by atoms with Gasteiger partial charge in [-0.05, 0) is 30.7 Å². The van der Waals surface area contributed by atoms with Crippen molar-refractivity contribution >= 4 is 23.0 Å². The number of hydrogen-bond acceptors (Lipinski definition) is 3. The number of nitrogens with zero attached hydrogens (tertiary/aromatic N) is 2. The van der Waals surface area contributed by atoms with Crippen LogP contribution in [0.1, 0.15) is 40.9 Å². The highest BCUT2D eigenvalue weighted by Crippen LogP contribution is 2.17. The molecule has 0 atom stereocenters. The van der Waals surface area contributed by atoms with Crippen LogP contribution in [-0.4, -0.2) is 27.7 Å². The number of anilines is 1. The zero-order valence-electron chi connectivity index (χ0n) is 14.3. The Morgan fingerprint density at radius 1 is 1.12 bits per heavy atom. The van der Waals surface area contributed by atoms with Crippen LogP contribution in [0.25, 0.3) is 5.52 Å². The Morgan fingerprint density at radius 2 is 1.88 bits per heavy atom. The highest BCUT2D eigenvalue weighted by Gasteiger charge is 2.21. The summed E-state index contributed by atoms with van der Waals surface area (Å²) in [6.45, 7) is 2.57. The van der Waals surface area contributed by atoms with Crippen molar-refractivity contribution in [3.05, 3.63) is 66.0 Å². The largest absolute Gasteiger partial charge is 0.349 e. The molecule has 3 aromatic rings. The number of benzene rings is 1. The molecule has 0 spiro atoms. The summed E-state index contributed by atoms with van der Waals surface area (Å²) in [6.07, 6.45) is 3.48. The van der Waals surface area contributed by atoms with Gasteiger partial charge in [-0.2, -0.15) is 0 Å². The number of pyridine rings is 1. The van der Waals surface area contributed by atoms with Crippen LogP contribution in [0.3, 0.4) is 0 Å². The van der Waals surface area contributed by atoms with Gasteiger partial charge in [0, 0.05) is 12.7 Å². The van der Waals surface area contributed by atoms with Gasteiger partial charge in [0.15, 0.2) is 5.69 Å². The fourth-order valence-corrected chi connectivity index (χ4v) is 2.57. The van der Waals surface area contributed by atoms with E-state index in [9.17, 15) is 14.0 Å². The molecule has 0 aliphatic carbocycles. The summed E-state index contributed by atoms with van der Waals surface area (Å²) in [4.78, 5) is 29.2. The monoisotopic (exact) mass is 354 g/mol. The molecule has 0 bridgehead atoms. The van der Waals surface area contributed by atoms with Gasteiger partial charge >= 0.3 is 0 Å². The van der Waals surface area contributed by atoms with Gasteiger partial charge in [-0.15, -0.1) is 0 Å². The lowest BCUT2D eigenvalue weighted by atomic mass is 10.2. The molecule has 0 saturated carbocycles. The highest BCUT2D eigenvalue weighted by molar-refractivity contribution is 6.09. The van der Waals surface area contributed by atoms with Gasteiger partial charge in [-0.25, -0.2) is 9.37 Å². The number of rotatable bonds is 6. The van der Waals surface area contributed by atoms with E-state index in [2.05, 4.69) is 15.6 Å². The van der Waals surface area contributed by atoms with E-state index in [0.29, 0.717) is 12.1 Å². The number of nitrogens with one attached hydrogen (secondary N) is 2. The van der Waals surface area contributed by atoms with E-state index in [1.54, 1.807) is 34.9 Å². The standard InChI is InChI=1S/C19H19FN4O2/c1-2-3-11-21-19(26)17-23-16(15-10-6-7-12-24(15)17)18(25)22-14-9-5-4-8-13(14)20/h4-10,12H,2-3,11H2,1H3,(H,21,26)(H,22,25). The van der Waals surface area contributed by atoms with Crippen molar-refractivity contribution in [2.24, 2.45) is 0 Å². The van der Waals surface area contributed by atoms with Crippen LogP contribution in [0.5, 0.6) is 0 Å². The summed E-state index contributed by atoms with van der Waals surface area (Å²) in [5, 5.41) is 5.29. The quantitative estimate of drug-likeness (QED) is 0.667. The number of para-hydroxylation sites is 1. The van der Waals surface area contributed by atoms with E-state index < -0.39 is 11.7 Å². The number of aromatic nitrogens is 2. The zero-order valence-corrected chi connectivity index (χ0v) is 14.3. The summed E-state index contributed by atoms with van der Waals surface area (Å²) in [6, 6.07) is 11.1. The first-order chi connectivity index (χ1) is 12.6. The Kier molecular flexibility index (Phi) is 5.26. The van der Waals surface area contributed by atoms with Crippen LogP contribution in [0.15, 0.2) is 48.7 Å². The normalized spacial score (nSPS) is 10.7. The Labute approximate surface area is 150 Å². The van der Waals surface area contributed by atoms with E-state index in [1.165, 1.54) is 18.2 Å². The van der Waals surface area contributed by atoms with Gasteiger partial charge in [-0.3, -0.25) is 14.0 Å². The molecule has 7 heteroatoms. The van der Waals surface area contributed by atoms with E-state index >= 15 is 0 Å². The summed E-state index contributed by atoms with van der Waals surface area (Å²) in [7, 11) is 0. The van der Waals surface area contributed by atoms with Crippen molar-refractivity contribution in [2.45, 2.75) is 19.8 Å². The van der Waals surface area contributed by atoms with E-state index in [4.69, 9.17) is 0 Å². The summed E-state index contributed by atoms with van der Waals surface area (Å²) < 4.78 is 15.3. The molecule has 0 unspecified atom stereocenters. The fraction of sp³-hybridized carbons (Fsp3) is 0.211. The molecule has 0 fully saturated rings. The molecule has 0 saturated heterocycles. The minimum atomic E-state index is -0.577. The molecule has 2 N–H and O–H groups in total. The van der Waals surface area contributed by atoms with Crippen LogP contribution in [0, 0.1) is 5.82 Å². The lowest BCUT2D eigenvalue weighted by Gasteiger charge is -2.04. The Balaban J connectivity index is 1.92. The predicted octanol–water partition coefficient (Wildman–Crippen LogP) is 3.26. The third-order valence-electron chi connectivity index (χ3n) is 3.90. The van der Waals surface area contributed by atoms with Gasteiger partial charge < -0.3 is 10.6 Å². The van der Waals surface area contributed by atoms with Crippen LogP contribution >= 0.6 is 0 Å². The number of fused-ring (bicyclic) bond motifs is 1. The third-order valence-corrected chi connectivity index (χ3v) is 3.90. The minimum Gasteiger partial charge on any atom is -0.349 e. The SMILES string of the molecule is CCCCNC(=O)c1nc(C(=O)Nc2ccccc2F)c2ccccn12. The first-order valence-electron chi connectivity index (χ1n) is 8.43. The van der Waals surface area contributed by atoms with Crippen molar-refractivity contribution in [3.63, 3.8) is 0 Å². The average Bonchev–Trinajstić information content (AvgIpc) is 3.04. The Hall–Kier alpha value is -3.22. The number of hydrogen-bond donors (Lipinski definition) is 2. The van der Waals surface area contributed by atoms with Crippen LogP contribution in [0.2, 0.25) is 0 Å². The molecule has 0 aliphatic heterocycles. The molecule has 2 aromatic heterocycles. The molecule has 6 nitrogen and oxygen atoms in total. The maximum atomic E-state index is 13.8. The number of carbonyl (C=O) groups is 2. The minimum absolute atomic E-state index is 0.0588. The fourth-order valence-electron chi connectivity index (χ4n) is 2.57. The second-order valence-corrected chi connectivity index (χ2v) is 5.78. The third kappa shape index (κ3) is 3.56. The molecular formula is C19H19FN4O2. The summed E-state index contributed by atoms with van der Waals surface area (Å²) in [5.74, 6) is -1.35. The Bertz CT molecular complexity index is 952. The molecule has 3 rings (SSSR count). The maximum Gasteiger partial charge on any atom is 0.287 e. The van der Waals surface area contributed by atoms with E-state index in [0.717, 1.165) is 12.8 Å². The van der Waals surface area contributed by atoms with Gasteiger partial charge in [-0.1, -0.05) is 31.5 Å². The topological polar surface area (TPSA) is 75.5 Å². The van der Waals surface area contributed by atoms with Gasteiger partial charge in [0.1, 0.15) is 5.82 Å². The predicted molar refractivity (Wildman–Crippen MR) is 96.8 cm³/mol. The Morgan fingerprint density at radius 3 is 2.65 bits per heavy atom. The zero-order chi connectivity index (χ0) is 18.5. The van der Waals surface area contributed by atoms with E-state index in [-0.39, 0.29) is 23.1 Å². The molecule has 134 valence electrons. The van der Waals surface area contributed by atoms with Crippen molar-refractivity contribution in [3.8, 4) is 0 Å². The van der Waals surface area contributed by atoms with Crippen LogP contribution < -0.4 is 10.6 Å². The number of halogens is 1. The number of unbranched alkanes of at least 4 members (excludes halogenated alkanes) is 1. The van der Waals surface area contributed by atoms with Gasteiger partial charge in [0.25, 0.3) is 11.8 Å². The number of amides is 2. The lowest BCUT2D eigenvalue weighted by Crippen LogP contribution is -2.26. The molecule has 0 aliphatic rings. The second-order valence-electron chi connectivity index (χ2n) is 5.78.